The van der Waals surface area contributed by atoms with Crippen molar-refractivity contribution in [1.82, 2.24) is 25.5 Å². The summed E-state index contributed by atoms with van der Waals surface area (Å²) in [7, 11) is 0. The molecule has 8 heteroatoms. The van der Waals surface area contributed by atoms with Crippen LogP contribution in [0.2, 0.25) is 0 Å². The number of halogens is 1. The third-order valence-electron chi connectivity index (χ3n) is 6.17. The van der Waals surface area contributed by atoms with Gasteiger partial charge in [0.15, 0.2) is 0 Å². The number of nitrogens with zero attached hydrogens (tertiary/aromatic N) is 4. The number of anilines is 1. The molecule has 2 aliphatic rings. The Labute approximate surface area is 174 Å². The van der Waals surface area contributed by atoms with Crippen LogP contribution in [0, 0.1) is 5.92 Å². The number of benzene rings is 1. The van der Waals surface area contributed by atoms with Gasteiger partial charge < -0.3 is 15.7 Å². The summed E-state index contributed by atoms with van der Waals surface area (Å²) in [6, 6.07) is 11.7. The summed E-state index contributed by atoms with van der Waals surface area (Å²) in [4.78, 5) is 0.235. The molecule has 3 aromatic rings. The molecule has 0 aliphatic carbocycles. The van der Waals surface area contributed by atoms with Crippen molar-refractivity contribution in [2.45, 2.75) is 44.2 Å². The Morgan fingerprint density at radius 1 is 1.07 bits per heavy atom. The summed E-state index contributed by atoms with van der Waals surface area (Å²) in [6.45, 7) is 0.880. The first-order valence-electron chi connectivity index (χ1n) is 10.5. The Morgan fingerprint density at radius 3 is 2.60 bits per heavy atom. The van der Waals surface area contributed by atoms with E-state index in [4.69, 9.17) is 0 Å². The number of phenols is 1. The molecule has 2 unspecified atom stereocenters. The number of fused-ring (bicyclic) bond motifs is 2. The SMILES string of the molecule is Oc1ccccc1-c1cn(F)nc1-c1ccc(NCC2CC3CCCC(C2)N3)nn1. The van der Waals surface area contributed by atoms with E-state index in [2.05, 4.69) is 25.9 Å². The zero-order valence-corrected chi connectivity index (χ0v) is 16.6. The molecule has 2 aliphatic heterocycles. The van der Waals surface area contributed by atoms with E-state index in [0.29, 0.717) is 46.3 Å². The molecule has 2 fully saturated rings. The highest BCUT2D eigenvalue weighted by Gasteiger charge is 2.30. The summed E-state index contributed by atoms with van der Waals surface area (Å²) >= 11 is 0. The van der Waals surface area contributed by atoms with Crippen molar-refractivity contribution in [3.8, 4) is 28.3 Å². The molecule has 3 N–H and O–H groups in total. The number of rotatable bonds is 5. The molecule has 7 nitrogen and oxygen atoms in total. The fraction of sp³-hybridized carbons (Fsp3) is 0.409. The lowest BCUT2D eigenvalue weighted by Crippen LogP contribution is -2.49. The second-order valence-electron chi connectivity index (χ2n) is 8.31. The highest BCUT2D eigenvalue weighted by Crippen LogP contribution is 2.35. The molecule has 30 heavy (non-hydrogen) atoms. The maximum absolute atomic E-state index is 13.9. The van der Waals surface area contributed by atoms with Crippen LogP contribution < -0.4 is 10.6 Å². The number of hydrogen-bond donors (Lipinski definition) is 3. The lowest BCUT2D eigenvalue weighted by Gasteiger charge is -2.40. The van der Waals surface area contributed by atoms with Gasteiger partial charge in [-0.05, 0) is 49.8 Å². The minimum Gasteiger partial charge on any atom is -0.507 e. The lowest BCUT2D eigenvalue weighted by molar-refractivity contribution is 0.192. The van der Waals surface area contributed by atoms with E-state index in [0.717, 1.165) is 6.54 Å². The van der Waals surface area contributed by atoms with Gasteiger partial charge >= 0.3 is 0 Å². The van der Waals surface area contributed by atoms with Gasteiger partial charge in [0.05, 0.1) is 6.20 Å². The molecule has 0 saturated carbocycles. The highest BCUT2D eigenvalue weighted by molar-refractivity contribution is 5.81. The van der Waals surface area contributed by atoms with Crippen molar-refractivity contribution in [3.05, 3.63) is 42.6 Å². The van der Waals surface area contributed by atoms with E-state index in [-0.39, 0.29) is 10.7 Å². The maximum atomic E-state index is 13.9. The predicted molar refractivity (Wildman–Crippen MR) is 113 cm³/mol. The predicted octanol–water partition coefficient (Wildman–Crippen LogP) is 3.78. The van der Waals surface area contributed by atoms with E-state index < -0.39 is 0 Å². The van der Waals surface area contributed by atoms with Gasteiger partial charge in [-0.1, -0.05) is 29.1 Å². The van der Waals surface area contributed by atoms with E-state index in [1.807, 2.05) is 6.07 Å². The average Bonchev–Trinajstić information content (AvgIpc) is 3.14. The van der Waals surface area contributed by atoms with Gasteiger partial charge in [0, 0.05) is 29.8 Å². The fourth-order valence-corrected chi connectivity index (χ4v) is 4.79. The number of hydrogen-bond acceptors (Lipinski definition) is 6. The minimum atomic E-state index is 0.0599. The zero-order valence-electron chi connectivity index (χ0n) is 16.6. The fourth-order valence-electron chi connectivity index (χ4n) is 4.79. The summed E-state index contributed by atoms with van der Waals surface area (Å²) in [5.41, 5.74) is 1.75. The molecule has 0 radical (unpaired) electrons. The summed E-state index contributed by atoms with van der Waals surface area (Å²) in [5.74, 6) is 1.40. The quantitative estimate of drug-likeness (QED) is 0.596. The van der Waals surface area contributed by atoms with Crippen molar-refractivity contribution >= 4 is 5.82 Å². The van der Waals surface area contributed by atoms with Crippen LogP contribution in [-0.2, 0) is 0 Å². The summed E-state index contributed by atoms with van der Waals surface area (Å²) in [5, 5.41) is 29.7. The van der Waals surface area contributed by atoms with Crippen LogP contribution in [0.1, 0.15) is 32.1 Å². The molecule has 4 heterocycles. The normalized spacial score (nSPS) is 23.3. The van der Waals surface area contributed by atoms with Crippen molar-refractivity contribution < 1.29 is 9.59 Å². The molecule has 0 spiro atoms. The van der Waals surface area contributed by atoms with Crippen LogP contribution in [-0.4, -0.2) is 43.9 Å². The van der Waals surface area contributed by atoms with Gasteiger partial charge in [-0.15, -0.1) is 20.2 Å². The largest absolute Gasteiger partial charge is 0.507 e. The third kappa shape index (κ3) is 3.87. The number of phenolic OH excluding ortho intramolecular Hbond substituents is 1. The number of para-hydroxylation sites is 1. The maximum Gasteiger partial charge on any atom is 0.148 e. The van der Waals surface area contributed by atoms with Gasteiger partial charge in [-0.3, -0.25) is 0 Å². The zero-order chi connectivity index (χ0) is 20.5. The summed E-state index contributed by atoms with van der Waals surface area (Å²) < 4.78 is 13.9. The first-order valence-corrected chi connectivity index (χ1v) is 10.5. The topological polar surface area (TPSA) is 87.9 Å². The lowest BCUT2D eigenvalue weighted by atomic mass is 9.80. The molecule has 1 aromatic carbocycles. The smallest absolute Gasteiger partial charge is 0.148 e. The Kier molecular flexibility index (Phi) is 5.08. The van der Waals surface area contributed by atoms with Crippen molar-refractivity contribution in [2.75, 3.05) is 11.9 Å². The van der Waals surface area contributed by atoms with Crippen molar-refractivity contribution in [3.63, 3.8) is 0 Å². The molecule has 156 valence electrons. The molecular formula is C22H25FN6O. The monoisotopic (exact) mass is 408 g/mol. The van der Waals surface area contributed by atoms with E-state index in [1.54, 1.807) is 30.3 Å². The number of aromatic hydroxyl groups is 1. The number of piperidine rings is 2. The van der Waals surface area contributed by atoms with Gasteiger partial charge in [-0.2, -0.15) is 0 Å². The number of nitrogens with one attached hydrogen (secondary N) is 2. The second-order valence-corrected chi connectivity index (χ2v) is 8.31. The van der Waals surface area contributed by atoms with Crippen molar-refractivity contribution in [2.24, 2.45) is 5.92 Å². The minimum absolute atomic E-state index is 0.0599. The summed E-state index contributed by atoms with van der Waals surface area (Å²) in [6.07, 6.45) is 7.53. The molecule has 2 atom stereocenters. The first-order chi connectivity index (χ1) is 14.7. The number of aromatic nitrogens is 4. The van der Waals surface area contributed by atoms with Crippen LogP contribution in [0.3, 0.4) is 0 Å². The van der Waals surface area contributed by atoms with Crippen LogP contribution in [0.5, 0.6) is 5.75 Å². The van der Waals surface area contributed by atoms with Crippen LogP contribution >= 0.6 is 0 Å². The van der Waals surface area contributed by atoms with E-state index in [1.165, 1.54) is 38.3 Å². The van der Waals surface area contributed by atoms with Gasteiger partial charge in [-0.25, -0.2) is 0 Å². The standard InChI is InChI=1S/C22H25FN6O/c23-29-13-18(17-6-1-2-7-20(17)30)22(28-29)19-8-9-21(27-26-19)24-12-14-10-15-4-3-5-16(11-14)25-15/h1-2,6-9,13-16,25,30H,3-5,10-12H2,(H,24,27). The molecule has 2 aromatic heterocycles. The van der Waals surface area contributed by atoms with Crippen LogP contribution in [0.15, 0.2) is 42.6 Å². The van der Waals surface area contributed by atoms with E-state index >= 15 is 0 Å². The second kappa shape index (κ2) is 8.02. The van der Waals surface area contributed by atoms with Crippen LogP contribution in [0.25, 0.3) is 22.5 Å². The van der Waals surface area contributed by atoms with Gasteiger partial charge in [0.1, 0.15) is 23.0 Å². The first kappa shape index (κ1) is 19.0. The Bertz CT molecular complexity index is 1010. The van der Waals surface area contributed by atoms with Crippen molar-refractivity contribution in [1.29, 1.82) is 0 Å². The van der Waals surface area contributed by atoms with Gasteiger partial charge in [0.2, 0.25) is 0 Å². The van der Waals surface area contributed by atoms with E-state index in [9.17, 15) is 9.59 Å². The Balaban J connectivity index is 1.30. The molecule has 0 amide bonds. The molecule has 2 bridgehead atoms. The Morgan fingerprint density at radius 2 is 1.87 bits per heavy atom. The van der Waals surface area contributed by atoms with Gasteiger partial charge in [0.25, 0.3) is 0 Å². The highest BCUT2D eigenvalue weighted by atomic mass is 19.2. The van der Waals surface area contributed by atoms with Crippen LogP contribution in [0.4, 0.5) is 10.3 Å². The molecule has 5 rings (SSSR count). The third-order valence-corrected chi connectivity index (χ3v) is 6.17. The Hall–Kier alpha value is -3.00. The molecular weight excluding hydrogens is 383 g/mol. The molecule has 2 saturated heterocycles. The average molecular weight is 408 g/mol.